The molecule has 0 aliphatic carbocycles. The van der Waals surface area contributed by atoms with Crippen molar-refractivity contribution in [2.75, 3.05) is 50.7 Å². The predicted molar refractivity (Wildman–Crippen MR) is 92.1 cm³/mol. The number of rotatable bonds is 4. The van der Waals surface area contributed by atoms with Gasteiger partial charge in [-0.3, -0.25) is 19.8 Å². The van der Waals surface area contributed by atoms with E-state index >= 15 is 0 Å². The van der Waals surface area contributed by atoms with Gasteiger partial charge in [0, 0.05) is 51.4 Å². The summed E-state index contributed by atoms with van der Waals surface area (Å²) >= 11 is 0. The van der Waals surface area contributed by atoms with E-state index in [1.165, 1.54) is 18.6 Å². The van der Waals surface area contributed by atoms with E-state index in [1.807, 2.05) is 9.80 Å². The lowest BCUT2D eigenvalue weighted by atomic mass is 10.1. The van der Waals surface area contributed by atoms with Gasteiger partial charge in [0.15, 0.2) is 0 Å². The summed E-state index contributed by atoms with van der Waals surface area (Å²) < 4.78 is 13.5. The Kier molecular flexibility index (Phi) is 5.47. The van der Waals surface area contributed by atoms with Crippen molar-refractivity contribution in [1.82, 2.24) is 9.80 Å². The molecule has 0 radical (unpaired) electrons. The third kappa shape index (κ3) is 4.25. The minimum Gasteiger partial charge on any atom is -0.363 e. The molecule has 7 nitrogen and oxygen atoms in total. The Balaban J connectivity index is 1.58. The molecule has 1 aromatic rings. The van der Waals surface area contributed by atoms with Gasteiger partial charge in [0.1, 0.15) is 11.5 Å². The van der Waals surface area contributed by atoms with Crippen molar-refractivity contribution in [2.24, 2.45) is 0 Å². The quantitative estimate of drug-likeness (QED) is 0.612. The molecule has 2 aliphatic rings. The van der Waals surface area contributed by atoms with Crippen LogP contribution in [0.1, 0.15) is 19.3 Å². The van der Waals surface area contributed by atoms with Gasteiger partial charge < -0.3 is 9.80 Å². The predicted octanol–water partition coefficient (Wildman–Crippen LogP) is 1.87. The summed E-state index contributed by atoms with van der Waals surface area (Å²) in [6.45, 7) is 4.41. The summed E-state index contributed by atoms with van der Waals surface area (Å²) in [5.74, 6) is -0.326. The number of halogens is 1. The van der Waals surface area contributed by atoms with Gasteiger partial charge in [-0.2, -0.15) is 0 Å². The number of piperidine rings is 1. The molecule has 2 heterocycles. The van der Waals surface area contributed by atoms with Gasteiger partial charge in [-0.25, -0.2) is 4.39 Å². The Morgan fingerprint density at radius 3 is 2.40 bits per heavy atom. The van der Waals surface area contributed by atoms with Crippen LogP contribution in [0.5, 0.6) is 0 Å². The van der Waals surface area contributed by atoms with E-state index in [1.54, 1.807) is 0 Å². The minimum atomic E-state index is -0.485. The summed E-state index contributed by atoms with van der Waals surface area (Å²) in [7, 11) is 0. The molecule has 25 heavy (non-hydrogen) atoms. The monoisotopic (exact) mass is 350 g/mol. The van der Waals surface area contributed by atoms with Crippen molar-refractivity contribution in [1.29, 1.82) is 0 Å². The maximum absolute atomic E-state index is 13.5. The van der Waals surface area contributed by atoms with Gasteiger partial charge in [-0.15, -0.1) is 0 Å². The number of carbonyl (C=O) groups excluding carboxylic acids is 1. The first kappa shape index (κ1) is 17.6. The smallest absolute Gasteiger partial charge is 0.292 e. The maximum atomic E-state index is 13.5. The first-order valence-corrected chi connectivity index (χ1v) is 8.73. The van der Waals surface area contributed by atoms with Crippen molar-refractivity contribution in [3.63, 3.8) is 0 Å². The van der Waals surface area contributed by atoms with Crippen molar-refractivity contribution in [3.05, 3.63) is 34.1 Å². The second-order valence-electron chi connectivity index (χ2n) is 6.59. The van der Waals surface area contributed by atoms with Crippen molar-refractivity contribution in [2.45, 2.75) is 19.3 Å². The fourth-order valence-electron chi connectivity index (χ4n) is 3.49. The average Bonchev–Trinajstić information content (AvgIpc) is 2.62. The van der Waals surface area contributed by atoms with E-state index < -0.39 is 10.7 Å². The van der Waals surface area contributed by atoms with E-state index in [9.17, 15) is 19.3 Å². The lowest BCUT2D eigenvalue weighted by Crippen LogP contribution is -2.50. The largest absolute Gasteiger partial charge is 0.363 e. The fourth-order valence-corrected chi connectivity index (χ4v) is 3.49. The molecule has 0 bridgehead atoms. The second-order valence-corrected chi connectivity index (χ2v) is 6.59. The number of nitrogens with zero attached hydrogens (tertiary/aromatic N) is 4. The molecule has 1 aromatic carbocycles. The molecule has 0 unspecified atom stereocenters. The lowest BCUT2D eigenvalue weighted by Gasteiger charge is -2.36. The van der Waals surface area contributed by atoms with E-state index in [4.69, 9.17) is 0 Å². The fraction of sp³-hybridized carbons (Fsp3) is 0.588. The molecule has 2 aliphatic heterocycles. The van der Waals surface area contributed by atoms with Gasteiger partial charge in [0.05, 0.1) is 11.5 Å². The van der Waals surface area contributed by atoms with E-state index in [0.717, 1.165) is 32.0 Å². The highest BCUT2D eigenvalue weighted by molar-refractivity contribution is 5.78. The van der Waals surface area contributed by atoms with Crippen LogP contribution in [0.15, 0.2) is 18.2 Å². The van der Waals surface area contributed by atoms with Crippen LogP contribution in [0.25, 0.3) is 0 Å². The molecule has 0 saturated carbocycles. The maximum Gasteiger partial charge on any atom is 0.292 e. The zero-order valence-corrected chi connectivity index (χ0v) is 14.2. The highest BCUT2D eigenvalue weighted by Gasteiger charge is 2.26. The number of carbonyl (C=O) groups is 1. The summed E-state index contributed by atoms with van der Waals surface area (Å²) in [5, 5.41) is 11.2. The molecule has 0 atom stereocenters. The zero-order valence-electron chi connectivity index (χ0n) is 14.2. The van der Waals surface area contributed by atoms with Crippen LogP contribution in [0.3, 0.4) is 0 Å². The Bertz CT molecular complexity index is 641. The first-order chi connectivity index (χ1) is 12.0. The lowest BCUT2D eigenvalue weighted by molar-refractivity contribution is -0.384. The third-order valence-corrected chi connectivity index (χ3v) is 4.91. The minimum absolute atomic E-state index is 0.0840. The number of hydrogen-bond donors (Lipinski definition) is 0. The zero-order chi connectivity index (χ0) is 17.8. The molecule has 2 fully saturated rings. The van der Waals surface area contributed by atoms with Crippen molar-refractivity contribution >= 4 is 17.3 Å². The number of likely N-dealkylation sites (tertiary alicyclic amines) is 1. The van der Waals surface area contributed by atoms with Crippen LogP contribution in [0, 0.1) is 15.9 Å². The van der Waals surface area contributed by atoms with E-state index in [0.29, 0.717) is 38.4 Å². The molecule has 136 valence electrons. The van der Waals surface area contributed by atoms with Crippen molar-refractivity contribution < 1.29 is 14.1 Å². The van der Waals surface area contributed by atoms with Crippen molar-refractivity contribution in [3.8, 4) is 0 Å². The number of benzene rings is 1. The summed E-state index contributed by atoms with van der Waals surface area (Å²) in [6.07, 6.45) is 3.33. The van der Waals surface area contributed by atoms with Gasteiger partial charge in [-0.05, 0) is 25.3 Å². The Morgan fingerprint density at radius 2 is 1.76 bits per heavy atom. The Labute approximate surface area is 146 Å². The summed E-state index contributed by atoms with van der Waals surface area (Å²) in [6, 6.07) is 3.53. The van der Waals surface area contributed by atoms with Crippen LogP contribution in [0.4, 0.5) is 15.8 Å². The highest BCUT2D eigenvalue weighted by atomic mass is 19.1. The molecule has 0 N–H and O–H groups in total. The molecule has 0 aromatic heterocycles. The van der Waals surface area contributed by atoms with E-state index in [2.05, 4.69) is 4.90 Å². The average molecular weight is 350 g/mol. The SMILES string of the molecule is O=C(CN1CCN(c2cc(F)ccc2[N+](=O)[O-])CC1)N1CCCCC1. The molecular weight excluding hydrogens is 327 g/mol. The van der Waals surface area contributed by atoms with Gasteiger partial charge in [0.25, 0.3) is 5.69 Å². The molecule has 2 saturated heterocycles. The number of piperazine rings is 1. The normalized spacial score (nSPS) is 19.1. The van der Waals surface area contributed by atoms with Crippen LogP contribution in [0.2, 0.25) is 0 Å². The number of nitro benzene ring substituents is 1. The topological polar surface area (TPSA) is 69.9 Å². The highest BCUT2D eigenvalue weighted by Crippen LogP contribution is 2.29. The number of nitro groups is 1. The van der Waals surface area contributed by atoms with E-state index in [-0.39, 0.29) is 11.6 Å². The molecule has 8 heteroatoms. The van der Waals surface area contributed by atoms with Crippen LogP contribution in [-0.4, -0.2) is 66.4 Å². The first-order valence-electron chi connectivity index (χ1n) is 8.73. The number of anilines is 1. The van der Waals surface area contributed by atoms with Gasteiger partial charge in [0.2, 0.25) is 5.91 Å². The Morgan fingerprint density at radius 1 is 1.08 bits per heavy atom. The van der Waals surface area contributed by atoms with Gasteiger partial charge >= 0.3 is 0 Å². The molecular formula is C17H23FN4O3. The molecule has 0 spiro atoms. The standard InChI is InChI=1S/C17H23FN4O3/c18-14-4-5-15(22(24)25)16(12-14)20-10-8-19(9-11-20)13-17(23)21-6-2-1-3-7-21/h4-5,12H,1-3,6-11,13H2. The van der Waals surface area contributed by atoms with Gasteiger partial charge in [-0.1, -0.05) is 0 Å². The Hall–Kier alpha value is -2.22. The molecule has 3 rings (SSSR count). The van der Waals surface area contributed by atoms with Crippen LogP contribution < -0.4 is 4.90 Å². The third-order valence-electron chi connectivity index (χ3n) is 4.91. The molecule has 1 amide bonds. The van der Waals surface area contributed by atoms with Crippen LogP contribution >= 0.6 is 0 Å². The summed E-state index contributed by atoms with van der Waals surface area (Å²) in [5.41, 5.74) is 0.228. The summed E-state index contributed by atoms with van der Waals surface area (Å²) in [4.78, 5) is 28.8. The number of amides is 1. The second kappa shape index (κ2) is 7.77. The van der Waals surface area contributed by atoms with Crippen LogP contribution in [-0.2, 0) is 4.79 Å². The number of hydrogen-bond acceptors (Lipinski definition) is 5.